The summed E-state index contributed by atoms with van der Waals surface area (Å²) < 4.78 is 0.985. The van der Waals surface area contributed by atoms with E-state index in [4.69, 9.17) is 5.73 Å². The fourth-order valence-electron chi connectivity index (χ4n) is 1.21. The van der Waals surface area contributed by atoms with Gasteiger partial charge in [-0.2, -0.15) is 0 Å². The first-order chi connectivity index (χ1) is 7.13. The van der Waals surface area contributed by atoms with E-state index >= 15 is 0 Å². The summed E-state index contributed by atoms with van der Waals surface area (Å²) in [5, 5.41) is 2.77. The average molecular weight is 271 g/mol. The van der Waals surface area contributed by atoms with Gasteiger partial charge in [0.2, 0.25) is 5.91 Å². The Balaban J connectivity index is 2.54. The number of anilines is 1. The summed E-state index contributed by atoms with van der Waals surface area (Å²) in [6.45, 7) is 2.01. The highest BCUT2D eigenvalue weighted by atomic mass is 79.9. The van der Waals surface area contributed by atoms with Gasteiger partial charge in [0.25, 0.3) is 0 Å². The standard InChI is InChI=1S/C11H15BrN2O/c1-2-3-10(13)11(15)14-9-6-4-8(12)5-7-9/h4-7,10H,2-3,13H2,1H3,(H,14,15)/t10-/m0/s1. The van der Waals surface area contributed by atoms with Gasteiger partial charge in [0.1, 0.15) is 0 Å². The second-order valence-electron chi connectivity index (χ2n) is 3.39. The Morgan fingerprint density at radius 2 is 2.07 bits per heavy atom. The summed E-state index contributed by atoms with van der Waals surface area (Å²) >= 11 is 3.33. The van der Waals surface area contributed by atoms with Gasteiger partial charge in [-0.1, -0.05) is 29.3 Å². The molecule has 1 rings (SSSR count). The summed E-state index contributed by atoms with van der Waals surface area (Å²) in [5.74, 6) is -0.126. The van der Waals surface area contributed by atoms with Crippen molar-refractivity contribution in [3.8, 4) is 0 Å². The van der Waals surface area contributed by atoms with E-state index in [0.717, 1.165) is 16.6 Å². The van der Waals surface area contributed by atoms with Crippen molar-refractivity contribution in [3.05, 3.63) is 28.7 Å². The molecule has 0 aliphatic carbocycles. The van der Waals surface area contributed by atoms with Gasteiger partial charge in [0.15, 0.2) is 0 Å². The molecule has 0 unspecified atom stereocenters. The molecule has 82 valence electrons. The van der Waals surface area contributed by atoms with Crippen LogP contribution in [0.1, 0.15) is 19.8 Å². The van der Waals surface area contributed by atoms with E-state index in [0.29, 0.717) is 6.42 Å². The van der Waals surface area contributed by atoms with Gasteiger partial charge in [-0.3, -0.25) is 4.79 Å². The molecule has 1 amide bonds. The van der Waals surface area contributed by atoms with Crippen LogP contribution in [0.2, 0.25) is 0 Å². The third-order valence-electron chi connectivity index (χ3n) is 2.05. The molecule has 4 heteroatoms. The molecule has 1 aromatic carbocycles. The van der Waals surface area contributed by atoms with Crippen molar-refractivity contribution < 1.29 is 4.79 Å². The number of nitrogens with two attached hydrogens (primary N) is 1. The summed E-state index contributed by atoms with van der Waals surface area (Å²) in [6.07, 6.45) is 1.62. The molecule has 0 spiro atoms. The zero-order valence-corrected chi connectivity index (χ0v) is 10.3. The second kappa shape index (κ2) is 5.88. The molecule has 15 heavy (non-hydrogen) atoms. The smallest absolute Gasteiger partial charge is 0.241 e. The van der Waals surface area contributed by atoms with Crippen LogP contribution in [0, 0.1) is 0 Å². The minimum absolute atomic E-state index is 0.126. The van der Waals surface area contributed by atoms with Crippen molar-refractivity contribution in [2.75, 3.05) is 5.32 Å². The molecule has 0 bridgehead atoms. The molecule has 3 nitrogen and oxygen atoms in total. The van der Waals surface area contributed by atoms with Crippen LogP contribution < -0.4 is 11.1 Å². The van der Waals surface area contributed by atoms with Crippen LogP contribution >= 0.6 is 15.9 Å². The number of nitrogens with one attached hydrogen (secondary N) is 1. The van der Waals surface area contributed by atoms with Crippen molar-refractivity contribution in [1.82, 2.24) is 0 Å². The molecule has 0 aliphatic rings. The Kier molecular flexibility index (Phi) is 4.78. The zero-order valence-electron chi connectivity index (χ0n) is 8.66. The first-order valence-corrected chi connectivity index (χ1v) is 5.74. The minimum atomic E-state index is -0.418. The van der Waals surface area contributed by atoms with E-state index in [9.17, 15) is 4.79 Å². The normalized spacial score (nSPS) is 12.2. The van der Waals surface area contributed by atoms with Gasteiger partial charge in [-0.15, -0.1) is 0 Å². The number of rotatable bonds is 4. The molecule has 0 saturated carbocycles. The monoisotopic (exact) mass is 270 g/mol. The molecular weight excluding hydrogens is 256 g/mol. The number of carbonyl (C=O) groups excluding carboxylic acids is 1. The van der Waals surface area contributed by atoms with E-state index in [1.807, 2.05) is 31.2 Å². The molecule has 0 aliphatic heterocycles. The van der Waals surface area contributed by atoms with Crippen molar-refractivity contribution in [2.45, 2.75) is 25.8 Å². The van der Waals surface area contributed by atoms with E-state index in [1.54, 1.807) is 0 Å². The van der Waals surface area contributed by atoms with Crippen LogP contribution in [0.25, 0.3) is 0 Å². The van der Waals surface area contributed by atoms with Crippen LogP contribution in [0.15, 0.2) is 28.7 Å². The Morgan fingerprint density at radius 3 is 2.60 bits per heavy atom. The Bertz CT molecular complexity index is 324. The first-order valence-electron chi connectivity index (χ1n) is 4.95. The van der Waals surface area contributed by atoms with Crippen molar-refractivity contribution >= 4 is 27.5 Å². The van der Waals surface area contributed by atoms with Gasteiger partial charge in [-0.05, 0) is 30.7 Å². The topological polar surface area (TPSA) is 55.1 Å². The lowest BCUT2D eigenvalue weighted by Crippen LogP contribution is -2.35. The zero-order chi connectivity index (χ0) is 11.3. The highest BCUT2D eigenvalue weighted by Gasteiger charge is 2.11. The molecule has 0 aromatic heterocycles. The number of hydrogen-bond donors (Lipinski definition) is 2. The van der Waals surface area contributed by atoms with Crippen LogP contribution in [0.4, 0.5) is 5.69 Å². The predicted molar refractivity (Wildman–Crippen MR) is 65.7 cm³/mol. The van der Waals surface area contributed by atoms with Gasteiger partial charge in [0.05, 0.1) is 6.04 Å². The fraction of sp³-hybridized carbons (Fsp3) is 0.364. The lowest BCUT2D eigenvalue weighted by Gasteiger charge is -2.10. The molecule has 3 N–H and O–H groups in total. The summed E-state index contributed by atoms with van der Waals surface area (Å²) in [6, 6.07) is 7.00. The molecular formula is C11H15BrN2O. The number of benzene rings is 1. The van der Waals surface area contributed by atoms with E-state index in [2.05, 4.69) is 21.2 Å². The maximum absolute atomic E-state index is 11.5. The number of carbonyl (C=O) groups is 1. The summed E-state index contributed by atoms with van der Waals surface area (Å²) in [4.78, 5) is 11.5. The van der Waals surface area contributed by atoms with Crippen molar-refractivity contribution in [2.24, 2.45) is 5.73 Å². The van der Waals surface area contributed by atoms with Gasteiger partial charge >= 0.3 is 0 Å². The van der Waals surface area contributed by atoms with E-state index in [1.165, 1.54) is 0 Å². The van der Waals surface area contributed by atoms with Crippen LogP contribution in [0.3, 0.4) is 0 Å². The third kappa shape index (κ3) is 4.01. The average Bonchev–Trinajstić information content (AvgIpc) is 2.22. The summed E-state index contributed by atoms with van der Waals surface area (Å²) in [7, 11) is 0. The largest absolute Gasteiger partial charge is 0.325 e. The van der Waals surface area contributed by atoms with Crippen LogP contribution in [0.5, 0.6) is 0 Å². The Labute approximate surface area is 98.2 Å². The minimum Gasteiger partial charge on any atom is -0.325 e. The van der Waals surface area contributed by atoms with Crippen LogP contribution in [-0.2, 0) is 4.79 Å². The predicted octanol–water partition coefficient (Wildman–Crippen LogP) is 2.52. The number of halogens is 1. The quantitative estimate of drug-likeness (QED) is 0.884. The Morgan fingerprint density at radius 1 is 1.47 bits per heavy atom. The number of hydrogen-bond acceptors (Lipinski definition) is 2. The van der Waals surface area contributed by atoms with Crippen LogP contribution in [-0.4, -0.2) is 11.9 Å². The van der Waals surface area contributed by atoms with Gasteiger partial charge in [-0.25, -0.2) is 0 Å². The SMILES string of the molecule is CCC[C@H](N)C(=O)Nc1ccc(Br)cc1. The maximum Gasteiger partial charge on any atom is 0.241 e. The highest BCUT2D eigenvalue weighted by Crippen LogP contribution is 2.14. The molecule has 0 saturated heterocycles. The fourth-order valence-corrected chi connectivity index (χ4v) is 1.47. The lowest BCUT2D eigenvalue weighted by molar-refractivity contribution is -0.117. The third-order valence-corrected chi connectivity index (χ3v) is 2.58. The van der Waals surface area contributed by atoms with E-state index in [-0.39, 0.29) is 5.91 Å². The Hall–Kier alpha value is -0.870. The highest BCUT2D eigenvalue weighted by molar-refractivity contribution is 9.10. The van der Waals surface area contributed by atoms with Crippen molar-refractivity contribution in [1.29, 1.82) is 0 Å². The van der Waals surface area contributed by atoms with Gasteiger partial charge < -0.3 is 11.1 Å². The molecule has 1 atom stereocenters. The van der Waals surface area contributed by atoms with E-state index < -0.39 is 6.04 Å². The molecule has 0 radical (unpaired) electrons. The summed E-state index contributed by atoms with van der Waals surface area (Å²) in [5.41, 5.74) is 6.46. The molecule has 0 fully saturated rings. The van der Waals surface area contributed by atoms with Gasteiger partial charge in [0, 0.05) is 10.2 Å². The second-order valence-corrected chi connectivity index (χ2v) is 4.31. The number of amides is 1. The lowest BCUT2D eigenvalue weighted by atomic mass is 10.1. The molecule has 0 heterocycles. The maximum atomic E-state index is 11.5. The first kappa shape index (κ1) is 12.2. The molecule has 1 aromatic rings. The van der Waals surface area contributed by atoms with Crippen molar-refractivity contribution in [3.63, 3.8) is 0 Å².